The number of amides is 2. The van der Waals surface area contributed by atoms with Crippen LogP contribution >= 0.6 is 0 Å². The van der Waals surface area contributed by atoms with Crippen molar-refractivity contribution in [2.24, 2.45) is 0 Å². The summed E-state index contributed by atoms with van der Waals surface area (Å²) in [7, 11) is 0. The lowest BCUT2D eigenvalue weighted by Crippen LogP contribution is -2.29. The van der Waals surface area contributed by atoms with E-state index in [0.717, 1.165) is 42.1 Å². The summed E-state index contributed by atoms with van der Waals surface area (Å²) in [4.78, 5) is 32.3. The molecule has 3 aliphatic heterocycles. The third-order valence-electron chi connectivity index (χ3n) is 6.84. The maximum absolute atomic E-state index is 12.8. The predicted molar refractivity (Wildman–Crippen MR) is 124 cm³/mol. The first-order valence-corrected chi connectivity index (χ1v) is 11.5. The number of aryl methyl sites for hydroxylation is 1. The van der Waals surface area contributed by atoms with Gasteiger partial charge in [-0.2, -0.15) is 0 Å². The van der Waals surface area contributed by atoms with Gasteiger partial charge in [0.05, 0.1) is 12.1 Å². The van der Waals surface area contributed by atoms with Crippen LogP contribution in [0.4, 0.5) is 10.5 Å². The Bertz CT molecular complexity index is 1090. The van der Waals surface area contributed by atoms with E-state index in [4.69, 9.17) is 4.74 Å². The highest BCUT2D eigenvalue weighted by Crippen LogP contribution is 2.35. The molecule has 1 aromatic carbocycles. The number of carbonyl (C=O) groups excluding carboxylic acids is 2. The molecule has 0 aliphatic carbocycles. The van der Waals surface area contributed by atoms with Gasteiger partial charge in [-0.15, -0.1) is 0 Å². The standard InChI is InChI=1S/C25H30N4O3/c1-16-21(15-28-8-4-3-5-9-28)17(2)26-23(16)13-20-19-12-18(6-7-22(19)27-24(20)30)14-29-10-11-32-25(29)31/h6-7,12-13,26H,3-5,8-11,14-15H2,1-2H3,(H,27,30). The van der Waals surface area contributed by atoms with Gasteiger partial charge in [-0.1, -0.05) is 12.5 Å². The number of nitrogens with zero attached hydrogens (tertiary/aromatic N) is 2. The molecular weight excluding hydrogens is 404 g/mol. The molecular formula is C25H30N4O3. The fraction of sp³-hybridized carbons (Fsp3) is 0.440. The van der Waals surface area contributed by atoms with Crippen molar-refractivity contribution in [1.82, 2.24) is 14.8 Å². The summed E-state index contributed by atoms with van der Waals surface area (Å²) in [6.45, 7) is 9.02. The van der Waals surface area contributed by atoms with Crippen molar-refractivity contribution in [3.05, 3.63) is 51.8 Å². The Morgan fingerprint density at radius 3 is 2.62 bits per heavy atom. The first kappa shape index (κ1) is 20.8. The van der Waals surface area contributed by atoms with Gasteiger partial charge in [0, 0.05) is 35.7 Å². The number of hydrogen-bond donors (Lipinski definition) is 2. The number of likely N-dealkylation sites (tertiary alicyclic amines) is 1. The Kier molecular flexibility index (Phi) is 5.51. The Hall–Kier alpha value is -3.06. The quantitative estimate of drug-likeness (QED) is 0.696. The van der Waals surface area contributed by atoms with Crippen LogP contribution in [0.2, 0.25) is 0 Å². The summed E-state index contributed by atoms with van der Waals surface area (Å²) < 4.78 is 5.03. The highest BCUT2D eigenvalue weighted by atomic mass is 16.6. The molecule has 0 saturated carbocycles. The molecule has 0 spiro atoms. The summed E-state index contributed by atoms with van der Waals surface area (Å²) in [5, 5.41) is 2.97. The number of carbonyl (C=O) groups is 2. The zero-order valence-electron chi connectivity index (χ0n) is 18.8. The summed E-state index contributed by atoms with van der Waals surface area (Å²) in [6.07, 6.45) is 5.56. The van der Waals surface area contributed by atoms with Crippen LogP contribution in [0.1, 0.15) is 52.9 Å². The first-order chi connectivity index (χ1) is 15.5. The molecule has 0 radical (unpaired) electrons. The minimum atomic E-state index is -0.283. The van der Waals surface area contributed by atoms with E-state index in [-0.39, 0.29) is 12.0 Å². The summed E-state index contributed by atoms with van der Waals surface area (Å²) in [6, 6.07) is 5.87. The van der Waals surface area contributed by atoms with Crippen LogP contribution in [0.3, 0.4) is 0 Å². The van der Waals surface area contributed by atoms with Crippen molar-refractivity contribution in [3.63, 3.8) is 0 Å². The highest BCUT2D eigenvalue weighted by molar-refractivity contribution is 6.34. The fourth-order valence-corrected chi connectivity index (χ4v) is 4.95. The van der Waals surface area contributed by atoms with Crippen molar-refractivity contribution in [2.75, 3.05) is 31.6 Å². The molecule has 2 amide bonds. The van der Waals surface area contributed by atoms with Crippen molar-refractivity contribution in [2.45, 2.75) is 46.2 Å². The van der Waals surface area contributed by atoms with Crippen molar-refractivity contribution in [3.8, 4) is 0 Å². The van der Waals surface area contributed by atoms with Crippen LogP contribution in [-0.4, -0.2) is 53.0 Å². The largest absolute Gasteiger partial charge is 0.448 e. The van der Waals surface area contributed by atoms with Crippen LogP contribution in [-0.2, 0) is 22.6 Å². The molecule has 7 heteroatoms. The lowest BCUT2D eigenvalue weighted by atomic mass is 10.0. The maximum atomic E-state index is 12.8. The molecule has 2 fully saturated rings. The monoisotopic (exact) mass is 434 g/mol. The van der Waals surface area contributed by atoms with Gasteiger partial charge < -0.3 is 19.9 Å². The molecule has 2 saturated heterocycles. The number of hydrogen-bond acceptors (Lipinski definition) is 4. The zero-order valence-corrected chi connectivity index (χ0v) is 18.8. The lowest BCUT2D eigenvalue weighted by Gasteiger charge is -2.26. The Labute approximate surface area is 188 Å². The Morgan fingerprint density at radius 2 is 1.88 bits per heavy atom. The second kappa shape index (κ2) is 8.47. The Balaban J connectivity index is 1.42. The van der Waals surface area contributed by atoms with E-state index in [1.165, 1.54) is 36.1 Å². The molecule has 3 aliphatic rings. The third-order valence-corrected chi connectivity index (χ3v) is 6.84. The first-order valence-electron chi connectivity index (χ1n) is 11.5. The van der Waals surface area contributed by atoms with Crippen molar-refractivity contribution < 1.29 is 14.3 Å². The van der Waals surface area contributed by atoms with E-state index < -0.39 is 0 Å². The molecule has 5 rings (SSSR count). The van der Waals surface area contributed by atoms with Gasteiger partial charge in [-0.25, -0.2) is 4.79 Å². The minimum Gasteiger partial charge on any atom is -0.448 e. The number of cyclic esters (lactones) is 1. The number of fused-ring (bicyclic) bond motifs is 1. The van der Waals surface area contributed by atoms with Crippen LogP contribution < -0.4 is 5.32 Å². The summed E-state index contributed by atoms with van der Waals surface area (Å²) >= 11 is 0. The average molecular weight is 435 g/mol. The van der Waals surface area contributed by atoms with Crippen molar-refractivity contribution in [1.29, 1.82) is 0 Å². The molecule has 7 nitrogen and oxygen atoms in total. The van der Waals surface area contributed by atoms with Gasteiger partial charge in [-0.3, -0.25) is 9.69 Å². The zero-order chi connectivity index (χ0) is 22.2. The highest BCUT2D eigenvalue weighted by Gasteiger charge is 2.27. The molecule has 1 aromatic heterocycles. The second-order valence-electron chi connectivity index (χ2n) is 9.03. The van der Waals surface area contributed by atoms with E-state index >= 15 is 0 Å². The summed E-state index contributed by atoms with van der Waals surface area (Å²) in [5.74, 6) is -0.0954. The van der Waals surface area contributed by atoms with E-state index in [9.17, 15) is 9.59 Å². The number of aromatic nitrogens is 1. The van der Waals surface area contributed by atoms with Gasteiger partial charge in [0.2, 0.25) is 0 Å². The molecule has 0 unspecified atom stereocenters. The molecule has 0 bridgehead atoms. The van der Waals surface area contributed by atoms with E-state index in [1.807, 2.05) is 24.3 Å². The van der Waals surface area contributed by atoms with Crippen LogP contribution in [0.5, 0.6) is 0 Å². The maximum Gasteiger partial charge on any atom is 0.410 e. The number of rotatable bonds is 5. The number of nitrogens with one attached hydrogen (secondary N) is 2. The lowest BCUT2D eigenvalue weighted by molar-refractivity contribution is -0.110. The fourth-order valence-electron chi connectivity index (χ4n) is 4.95. The van der Waals surface area contributed by atoms with Crippen molar-refractivity contribution >= 4 is 29.3 Å². The number of aromatic amines is 1. The number of piperidine rings is 1. The number of ether oxygens (including phenoxy) is 1. The van der Waals surface area contributed by atoms with E-state index in [2.05, 4.69) is 29.0 Å². The van der Waals surface area contributed by atoms with E-state index in [1.54, 1.807) is 4.90 Å². The molecule has 2 N–H and O–H groups in total. The van der Waals surface area contributed by atoms with Crippen LogP contribution in [0.25, 0.3) is 11.6 Å². The van der Waals surface area contributed by atoms with E-state index in [0.29, 0.717) is 25.3 Å². The summed E-state index contributed by atoms with van der Waals surface area (Å²) in [5.41, 5.74) is 8.01. The smallest absolute Gasteiger partial charge is 0.410 e. The number of anilines is 1. The van der Waals surface area contributed by atoms with Gasteiger partial charge in [0.1, 0.15) is 6.61 Å². The molecule has 2 aromatic rings. The predicted octanol–water partition coefficient (Wildman–Crippen LogP) is 4.06. The molecule has 0 atom stereocenters. The Morgan fingerprint density at radius 1 is 1.06 bits per heavy atom. The molecule has 168 valence electrons. The number of H-pyrrole nitrogens is 1. The molecule has 32 heavy (non-hydrogen) atoms. The third kappa shape index (κ3) is 3.93. The van der Waals surface area contributed by atoms with Gasteiger partial charge in [-0.05, 0) is 74.7 Å². The van der Waals surface area contributed by atoms with Crippen LogP contribution in [0.15, 0.2) is 18.2 Å². The van der Waals surface area contributed by atoms with Gasteiger partial charge in [0.25, 0.3) is 5.91 Å². The average Bonchev–Trinajstić information content (AvgIpc) is 3.41. The topological polar surface area (TPSA) is 77.7 Å². The van der Waals surface area contributed by atoms with Crippen LogP contribution in [0, 0.1) is 13.8 Å². The van der Waals surface area contributed by atoms with Gasteiger partial charge >= 0.3 is 6.09 Å². The van der Waals surface area contributed by atoms with Gasteiger partial charge in [0.15, 0.2) is 0 Å². The number of benzene rings is 1. The SMILES string of the molecule is Cc1[nH]c(C=C2C(=O)Nc3ccc(CN4CCOC4=O)cc32)c(C)c1CN1CCCCC1. The minimum absolute atomic E-state index is 0.0954. The second-order valence-corrected chi connectivity index (χ2v) is 9.03. The normalized spacial score (nSPS) is 20.1. The molecule has 4 heterocycles.